The molecular formula is C20H27N3OS. The number of likely N-dealkylation sites (tertiary alicyclic amines) is 1. The minimum absolute atomic E-state index is 0.00614. The molecule has 2 aromatic heterocycles. The van der Waals surface area contributed by atoms with Crippen LogP contribution in [0.4, 0.5) is 0 Å². The fraction of sp³-hybridized carbons (Fsp3) is 0.500. The zero-order valence-electron chi connectivity index (χ0n) is 15.0. The molecule has 0 spiro atoms. The molecule has 1 fully saturated rings. The maximum atomic E-state index is 12.6. The number of pyridine rings is 1. The minimum atomic E-state index is -0.0363. The van der Waals surface area contributed by atoms with Crippen LogP contribution in [0.1, 0.15) is 48.1 Å². The Kier molecular flexibility index (Phi) is 6.21. The van der Waals surface area contributed by atoms with Gasteiger partial charge in [-0.3, -0.25) is 9.78 Å². The second kappa shape index (κ2) is 8.59. The summed E-state index contributed by atoms with van der Waals surface area (Å²) in [6.45, 7) is 7.81. The Morgan fingerprint density at radius 1 is 1.36 bits per heavy atom. The Hall–Kier alpha value is -1.72. The summed E-state index contributed by atoms with van der Waals surface area (Å²) in [5.74, 6) is 1.06. The lowest BCUT2D eigenvalue weighted by atomic mass is 9.88. The van der Waals surface area contributed by atoms with E-state index in [9.17, 15) is 4.79 Å². The normalized spacial score (nSPS) is 19.7. The van der Waals surface area contributed by atoms with Gasteiger partial charge in [0, 0.05) is 19.3 Å². The Balaban J connectivity index is 1.77. The maximum absolute atomic E-state index is 12.6. The summed E-state index contributed by atoms with van der Waals surface area (Å²) in [6, 6.07) is 9.71. The second-order valence-electron chi connectivity index (χ2n) is 7.24. The average molecular weight is 358 g/mol. The van der Waals surface area contributed by atoms with Gasteiger partial charge in [0.05, 0.1) is 16.6 Å². The average Bonchev–Trinajstić information content (AvgIpc) is 3.15. The quantitative estimate of drug-likeness (QED) is 0.850. The molecule has 0 saturated carbocycles. The lowest BCUT2D eigenvalue weighted by Gasteiger charge is -2.37. The smallest absolute Gasteiger partial charge is 0.261 e. The molecule has 0 bridgehead atoms. The number of thiophene rings is 1. The molecule has 1 aliphatic rings. The molecule has 5 heteroatoms. The van der Waals surface area contributed by atoms with E-state index in [0.717, 1.165) is 36.6 Å². The van der Waals surface area contributed by atoms with Crippen molar-refractivity contribution in [3.63, 3.8) is 0 Å². The molecule has 1 N–H and O–H groups in total. The van der Waals surface area contributed by atoms with Gasteiger partial charge in [-0.1, -0.05) is 26.0 Å². The van der Waals surface area contributed by atoms with Crippen molar-refractivity contribution in [2.45, 2.75) is 32.7 Å². The minimum Gasteiger partial charge on any atom is -0.343 e. The van der Waals surface area contributed by atoms with Crippen molar-refractivity contribution in [1.29, 1.82) is 0 Å². The zero-order chi connectivity index (χ0) is 17.6. The highest BCUT2D eigenvalue weighted by atomic mass is 32.1. The van der Waals surface area contributed by atoms with Crippen molar-refractivity contribution in [3.8, 4) is 0 Å². The van der Waals surface area contributed by atoms with Crippen LogP contribution in [0.3, 0.4) is 0 Å². The van der Waals surface area contributed by atoms with Gasteiger partial charge in [0.15, 0.2) is 0 Å². The molecule has 2 aromatic rings. The van der Waals surface area contributed by atoms with Crippen molar-refractivity contribution in [1.82, 2.24) is 15.2 Å². The number of rotatable bonds is 6. The van der Waals surface area contributed by atoms with E-state index >= 15 is 0 Å². The predicted octanol–water partition coefficient (Wildman–Crippen LogP) is 3.98. The maximum Gasteiger partial charge on any atom is 0.261 e. The van der Waals surface area contributed by atoms with Crippen molar-refractivity contribution >= 4 is 17.2 Å². The first-order valence-electron chi connectivity index (χ1n) is 9.11. The summed E-state index contributed by atoms with van der Waals surface area (Å²) < 4.78 is 0. The van der Waals surface area contributed by atoms with Crippen LogP contribution in [0.2, 0.25) is 0 Å². The van der Waals surface area contributed by atoms with Gasteiger partial charge in [0.2, 0.25) is 0 Å². The van der Waals surface area contributed by atoms with Gasteiger partial charge in [-0.2, -0.15) is 0 Å². The highest BCUT2D eigenvalue weighted by Gasteiger charge is 2.30. The number of amides is 1. The Morgan fingerprint density at radius 2 is 2.24 bits per heavy atom. The Bertz CT molecular complexity index is 657. The monoisotopic (exact) mass is 357 g/mol. The summed E-state index contributed by atoms with van der Waals surface area (Å²) in [5.41, 5.74) is 0.962. The van der Waals surface area contributed by atoms with Crippen molar-refractivity contribution in [2.24, 2.45) is 11.8 Å². The summed E-state index contributed by atoms with van der Waals surface area (Å²) in [5, 5.41) is 5.20. The van der Waals surface area contributed by atoms with Crippen LogP contribution in [0.15, 0.2) is 41.9 Å². The molecule has 25 heavy (non-hydrogen) atoms. The fourth-order valence-electron chi connectivity index (χ4n) is 3.66. The van der Waals surface area contributed by atoms with Crippen LogP contribution in [-0.2, 0) is 0 Å². The van der Waals surface area contributed by atoms with Crippen LogP contribution in [0.5, 0.6) is 0 Å². The molecule has 0 aromatic carbocycles. The summed E-state index contributed by atoms with van der Waals surface area (Å²) in [6.07, 6.45) is 4.12. The number of nitrogens with zero attached hydrogens (tertiary/aromatic N) is 2. The summed E-state index contributed by atoms with van der Waals surface area (Å²) in [7, 11) is 0. The Morgan fingerprint density at radius 3 is 2.92 bits per heavy atom. The first-order chi connectivity index (χ1) is 12.1. The van der Waals surface area contributed by atoms with Crippen LogP contribution in [0.25, 0.3) is 0 Å². The zero-order valence-corrected chi connectivity index (χ0v) is 15.8. The van der Waals surface area contributed by atoms with Crippen molar-refractivity contribution in [2.75, 3.05) is 19.6 Å². The van der Waals surface area contributed by atoms with Crippen LogP contribution < -0.4 is 5.32 Å². The molecule has 4 nitrogen and oxygen atoms in total. The highest BCUT2D eigenvalue weighted by molar-refractivity contribution is 7.12. The van der Waals surface area contributed by atoms with E-state index in [0.29, 0.717) is 11.8 Å². The third-order valence-corrected chi connectivity index (χ3v) is 5.54. The van der Waals surface area contributed by atoms with Crippen LogP contribution >= 0.6 is 11.3 Å². The number of hydrogen-bond acceptors (Lipinski definition) is 4. The topological polar surface area (TPSA) is 45.2 Å². The second-order valence-corrected chi connectivity index (χ2v) is 8.19. The highest BCUT2D eigenvalue weighted by Crippen LogP contribution is 2.30. The number of piperidine rings is 1. The van der Waals surface area contributed by atoms with E-state index in [1.54, 1.807) is 0 Å². The lowest BCUT2D eigenvalue weighted by Crippen LogP contribution is -2.44. The first-order valence-corrected chi connectivity index (χ1v) is 9.99. The molecule has 0 radical (unpaired) electrons. The molecule has 1 amide bonds. The summed E-state index contributed by atoms with van der Waals surface area (Å²) >= 11 is 1.48. The van der Waals surface area contributed by atoms with E-state index in [4.69, 9.17) is 0 Å². The standard InChI is InChI=1S/C20H27N3OS/c1-15(2)13-23-11-5-7-16(14-23)19(17-8-3-4-10-21-17)22-20(24)18-9-6-12-25-18/h3-4,6,8-10,12,15-16,19H,5,7,11,13-14H2,1-2H3,(H,22,24). The molecule has 1 aliphatic heterocycles. The SMILES string of the molecule is CC(C)CN1CCCC(C(NC(=O)c2cccs2)c2ccccn2)C1. The molecule has 134 valence electrons. The third-order valence-electron chi connectivity index (χ3n) is 4.67. The first kappa shape index (κ1) is 18.1. The number of hydrogen-bond donors (Lipinski definition) is 1. The van der Waals surface area contributed by atoms with E-state index in [1.165, 1.54) is 17.8 Å². The van der Waals surface area contributed by atoms with Gasteiger partial charge in [-0.15, -0.1) is 11.3 Å². The van der Waals surface area contributed by atoms with E-state index in [1.807, 2.05) is 41.9 Å². The number of aromatic nitrogens is 1. The van der Waals surface area contributed by atoms with Crippen molar-refractivity contribution in [3.05, 3.63) is 52.5 Å². The van der Waals surface area contributed by atoms with Crippen LogP contribution in [0, 0.1) is 11.8 Å². The van der Waals surface area contributed by atoms with Gasteiger partial charge in [-0.05, 0) is 54.8 Å². The molecule has 3 rings (SSSR count). The van der Waals surface area contributed by atoms with Gasteiger partial charge >= 0.3 is 0 Å². The molecule has 1 saturated heterocycles. The lowest BCUT2D eigenvalue weighted by molar-refractivity contribution is 0.0875. The number of carbonyl (C=O) groups excluding carboxylic acids is 1. The third kappa shape index (κ3) is 4.89. The Labute approximate surface area is 154 Å². The molecule has 3 heterocycles. The van der Waals surface area contributed by atoms with Crippen molar-refractivity contribution < 1.29 is 4.79 Å². The predicted molar refractivity (Wildman–Crippen MR) is 103 cm³/mol. The van der Waals surface area contributed by atoms with E-state index in [2.05, 4.69) is 29.0 Å². The molecular weight excluding hydrogens is 330 g/mol. The van der Waals surface area contributed by atoms with E-state index < -0.39 is 0 Å². The largest absolute Gasteiger partial charge is 0.343 e. The van der Waals surface area contributed by atoms with Gasteiger partial charge in [0.1, 0.15) is 0 Å². The van der Waals surface area contributed by atoms with E-state index in [-0.39, 0.29) is 11.9 Å². The summed E-state index contributed by atoms with van der Waals surface area (Å²) in [4.78, 5) is 20.5. The van der Waals surface area contributed by atoms with Gasteiger partial charge in [0.25, 0.3) is 5.91 Å². The molecule has 2 atom stereocenters. The molecule has 0 aliphatic carbocycles. The number of carbonyl (C=O) groups is 1. The molecule has 2 unspecified atom stereocenters. The van der Waals surface area contributed by atoms with Gasteiger partial charge in [-0.25, -0.2) is 0 Å². The fourth-order valence-corrected chi connectivity index (χ4v) is 4.29. The van der Waals surface area contributed by atoms with Crippen LogP contribution in [-0.4, -0.2) is 35.4 Å². The number of nitrogens with one attached hydrogen (secondary N) is 1. The van der Waals surface area contributed by atoms with Gasteiger partial charge < -0.3 is 10.2 Å².